The number of ether oxygens (including phenoxy) is 1. The number of thioether (sulfide) groups is 1. The largest absolute Gasteiger partial charge is 0.407 e. The van der Waals surface area contributed by atoms with Crippen LogP contribution in [-0.2, 0) is 23.1 Å². The van der Waals surface area contributed by atoms with Crippen LogP contribution in [0, 0.1) is 0 Å². The second kappa shape index (κ2) is 10.4. The minimum atomic E-state index is -3.93. The first-order valence-corrected chi connectivity index (χ1v) is 12.5. The molecule has 0 spiro atoms. The Morgan fingerprint density at radius 2 is 2.18 bits per heavy atom. The molecule has 184 valence electrons. The molecule has 1 aromatic rings. The highest BCUT2D eigenvalue weighted by Gasteiger charge is 2.57. The second-order valence-electron chi connectivity index (χ2n) is 7.67. The van der Waals surface area contributed by atoms with Gasteiger partial charge in [0.1, 0.15) is 18.9 Å². The summed E-state index contributed by atoms with van der Waals surface area (Å²) in [5.74, 6) is 0.0672. The van der Waals surface area contributed by atoms with Gasteiger partial charge in [-0.25, -0.2) is 23.6 Å². The number of hydrogen-bond donors (Lipinski definition) is 2. The molecule has 33 heavy (non-hydrogen) atoms. The average Bonchev–Trinajstić information content (AvgIpc) is 3.31. The molecule has 2 N–H and O–H groups in total. The summed E-state index contributed by atoms with van der Waals surface area (Å²) < 4.78 is 46.1. The predicted octanol–water partition coefficient (Wildman–Crippen LogP) is 1.11. The van der Waals surface area contributed by atoms with Crippen molar-refractivity contribution in [2.75, 3.05) is 39.7 Å². The van der Waals surface area contributed by atoms with E-state index in [1.54, 1.807) is 0 Å². The highest BCUT2D eigenvalue weighted by atomic mass is 32.2. The van der Waals surface area contributed by atoms with E-state index in [1.807, 2.05) is 0 Å². The maximum Gasteiger partial charge on any atom is 0.407 e. The summed E-state index contributed by atoms with van der Waals surface area (Å²) in [6, 6.07) is 0. The summed E-state index contributed by atoms with van der Waals surface area (Å²) in [4.78, 5) is 31.1. The second-order valence-corrected chi connectivity index (χ2v) is 11.2. The molecule has 3 rings (SSSR count). The summed E-state index contributed by atoms with van der Waals surface area (Å²) in [5.41, 5.74) is -2.00. The predicted molar refractivity (Wildman–Crippen MR) is 117 cm³/mol. The number of aromatic nitrogens is 2. The maximum atomic E-state index is 14.2. The van der Waals surface area contributed by atoms with E-state index in [4.69, 9.17) is 13.8 Å². The van der Waals surface area contributed by atoms with Crippen LogP contribution in [-0.4, -0.2) is 99.1 Å². The van der Waals surface area contributed by atoms with Gasteiger partial charge in [0.25, 0.3) is 0 Å². The Morgan fingerprint density at radius 3 is 2.82 bits per heavy atom. The fourth-order valence-corrected chi connectivity index (χ4v) is 5.13. The molecular weight excluding hydrogens is 482 g/mol. The molecule has 15 heteroatoms. The summed E-state index contributed by atoms with van der Waals surface area (Å²) in [6.45, 7) is -0.692. The Morgan fingerprint density at radius 1 is 1.45 bits per heavy atom. The number of ketones is 1. The number of Topliss-reactive ketones (excluding diaryl/α,β-unsaturated/α-hetero) is 1. The third-order valence-corrected chi connectivity index (χ3v) is 7.86. The lowest BCUT2D eigenvalue weighted by atomic mass is 9.98. The number of halogens is 1. The number of carbonyl (C=O) groups is 2. The number of nitrogens with zero attached hydrogens (tertiary/aromatic N) is 4. The van der Waals surface area contributed by atoms with Crippen molar-refractivity contribution in [3.63, 3.8) is 0 Å². The molecule has 1 saturated heterocycles. The summed E-state index contributed by atoms with van der Waals surface area (Å²) >= 11 is 0.981. The Labute approximate surface area is 193 Å². The van der Waals surface area contributed by atoms with Crippen LogP contribution in [0.1, 0.15) is 30.1 Å². The first kappa shape index (κ1) is 26.1. The molecule has 2 unspecified atom stereocenters. The van der Waals surface area contributed by atoms with Gasteiger partial charge < -0.3 is 14.9 Å². The van der Waals surface area contributed by atoms with E-state index in [2.05, 4.69) is 9.98 Å². The van der Waals surface area contributed by atoms with Crippen molar-refractivity contribution in [1.82, 2.24) is 14.2 Å². The molecule has 0 amide bonds. The van der Waals surface area contributed by atoms with Crippen molar-refractivity contribution >= 4 is 42.4 Å². The number of aliphatic imine (C=N–C) groups is 1. The Bertz CT molecular complexity index is 975. The number of hydrogen-bond acceptors (Lipinski definition) is 11. The lowest BCUT2D eigenvalue weighted by molar-refractivity contribution is -0.134. The van der Waals surface area contributed by atoms with Gasteiger partial charge in [0, 0.05) is 25.3 Å². The van der Waals surface area contributed by atoms with E-state index >= 15 is 0 Å². The van der Waals surface area contributed by atoms with Gasteiger partial charge in [0.15, 0.2) is 34.2 Å². The number of alkyl halides is 1. The lowest BCUT2D eigenvalue weighted by Crippen LogP contribution is -2.49. The Kier molecular flexibility index (Phi) is 8.23. The number of aliphatic hydroxyl groups excluding tert-OH is 2. The van der Waals surface area contributed by atoms with Crippen LogP contribution >= 0.6 is 19.5 Å². The van der Waals surface area contributed by atoms with E-state index in [-0.39, 0.29) is 41.2 Å². The quantitative estimate of drug-likeness (QED) is 0.345. The molecule has 5 atom stereocenters. The van der Waals surface area contributed by atoms with Gasteiger partial charge in [-0.15, -0.1) is 0 Å². The smallest absolute Gasteiger partial charge is 0.387 e. The molecule has 0 aromatic carbocycles. The van der Waals surface area contributed by atoms with Crippen LogP contribution in [0.4, 0.5) is 10.2 Å². The third-order valence-electron chi connectivity index (χ3n) is 5.14. The van der Waals surface area contributed by atoms with Gasteiger partial charge >= 0.3 is 7.75 Å². The third kappa shape index (κ3) is 5.28. The van der Waals surface area contributed by atoms with Crippen LogP contribution in [0.25, 0.3) is 0 Å². The van der Waals surface area contributed by atoms with Gasteiger partial charge in [-0.3, -0.25) is 23.2 Å². The summed E-state index contributed by atoms with van der Waals surface area (Å²) in [6.07, 6.45) is -2.05. The summed E-state index contributed by atoms with van der Waals surface area (Å²) in [7, 11) is -1.07. The van der Waals surface area contributed by atoms with Crippen molar-refractivity contribution in [2.24, 2.45) is 4.99 Å². The molecule has 0 aliphatic carbocycles. The van der Waals surface area contributed by atoms with E-state index in [9.17, 15) is 28.8 Å². The number of imidazole rings is 1. The maximum absolute atomic E-state index is 14.2. The molecule has 0 radical (unpaired) electrons. The number of carbonyl (C=O) groups excluding carboxylic acids is 2. The zero-order valence-electron chi connectivity index (χ0n) is 18.3. The Balaban J connectivity index is 1.76. The molecule has 0 bridgehead atoms. The fraction of sp³-hybridized carbons (Fsp3) is 0.667. The van der Waals surface area contributed by atoms with Gasteiger partial charge in [-0.2, -0.15) is 0 Å². The normalized spacial score (nSPS) is 28.8. The van der Waals surface area contributed by atoms with E-state index in [1.165, 1.54) is 42.8 Å². The molecule has 2 aliphatic heterocycles. The van der Waals surface area contributed by atoms with Gasteiger partial charge in [0.2, 0.25) is 0 Å². The first-order valence-electron chi connectivity index (χ1n) is 9.97. The Hall–Kier alpha value is -1.51. The van der Waals surface area contributed by atoms with E-state index in [0.29, 0.717) is 0 Å². The molecule has 3 heterocycles. The van der Waals surface area contributed by atoms with Crippen LogP contribution in [0.5, 0.6) is 0 Å². The minimum absolute atomic E-state index is 0.0747. The first-order chi connectivity index (χ1) is 15.5. The monoisotopic (exact) mass is 508 g/mol. The topological polar surface area (TPSA) is 153 Å². The SMILES string of the molecule is CC(=O)SCCOP(=O)(OC[C@@]1(CF)O[C@H](n2cnc3c2N=CCC3=O)C(O)[C@H]1O)N(C)C. The molecule has 1 aromatic heterocycles. The van der Waals surface area contributed by atoms with Crippen molar-refractivity contribution in [3.05, 3.63) is 12.0 Å². The summed E-state index contributed by atoms with van der Waals surface area (Å²) in [5, 5.41) is 21.1. The highest BCUT2D eigenvalue weighted by Crippen LogP contribution is 2.52. The lowest BCUT2D eigenvalue weighted by Gasteiger charge is -2.32. The van der Waals surface area contributed by atoms with Gasteiger partial charge in [-0.05, 0) is 14.1 Å². The van der Waals surface area contributed by atoms with Gasteiger partial charge in [-0.1, -0.05) is 11.8 Å². The van der Waals surface area contributed by atoms with Crippen molar-refractivity contribution in [2.45, 2.75) is 37.4 Å². The number of fused-ring (bicyclic) bond motifs is 1. The van der Waals surface area contributed by atoms with E-state index < -0.39 is 45.1 Å². The molecule has 1 fully saturated rings. The van der Waals surface area contributed by atoms with Crippen LogP contribution in [0.2, 0.25) is 0 Å². The van der Waals surface area contributed by atoms with Crippen LogP contribution < -0.4 is 0 Å². The zero-order chi connectivity index (χ0) is 24.4. The molecule has 0 saturated carbocycles. The zero-order valence-corrected chi connectivity index (χ0v) is 20.0. The van der Waals surface area contributed by atoms with Crippen LogP contribution in [0.15, 0.2) is 11.3 Å². The number of aliphatic hydroxyl groups is 2. The standard InChI is InChI=1S/C18H26FN4O8PS/c1-11(24)33-7-6-29-32(28,22(2)3)30-9-18(8-19)15(27)14(26)17(31-18)23-10-21-13-12(25)4-5-20-16(13)23/h5,10,14-15,17,26-27H,4,6-9H2,1-3H3/t14?,15-,17+,18-,32?/m1/s1. The molecule has 12 nitrogen and oxygen atoms in total. The molecule has 2 aliphatic rings. The van der Waals surface area contributed by atoms with Crippen molar-refractivity contribution in [1.29, 1.82) is 0 Å². The highest BCUT2D eigenvalue weighted by molar-refractivity contribution is 8.13. The van der Waals surface area contributed by atoms with Gasteiger partial charge in [0.05, 0.1) is 19.5 Å². The van der Waals surface area contributed by atoms with Crippen molar-refractivity contribution in [3.8, 4) is 0 Å². The number of rotatable bonds is 10. The minimum Gasteiger partial charge on any atom is -0.387 e. The fourth-order valence-electron chi connectivity index (χ4n) is 3.31. The van der Waals surface area contributed by atoms with Crippen molar-refractivity contribution < 1.29 is 42.5 Å². The average molecular weight is 508 g/mol. The molecular formula is C18H26FN4O8PS. The van der Waals surface area contributed by atoms with E-state index in [0.717, 1.165) is 11.8 Å². The van der Waals surface area contributed by atoms with Crippen LogP contribution in [0.3, 0.4) is 0 Å².